The van der Waals surface area contributed by atoms with E-state index in [1.165, 1.54) is 0 Å². The first kappa shape index (κ1) is 17.3. The molecule has 2 aromatic carbocycles. The highest BCUT2D eigenvalue weighted by Gasteiger charge is 2.30. The Bertz CT molecular complexity index is 1030. The van der Waals surface area contributed by atoms with Crippen LogP contribution in [0, 0.1) is 6.92 Å². The molecule has 3 nitrogen and oxygen atoms in total. The van der Waals surface area contributed by atoms with E-state index in [9.17, 15) is 4.79 Å². The Balaban J connectivity index is 1.54. The number of aryl methyl sites for hydroxylation is 1. The van der Waals surface area contributed by atoms with Gasteiger partial charge in [0.05, 0.1) is 5.56 Å². The highest BCUT2D eigenvalue weighted by molar-refractivity contribution is 7.10. The van der Waals surface area contributed by atoms with Crippen molar-refractivity contribution in [2.75, 3.05) is 0 Å². The maximum atomic E-state index is 12.7. The average Bonchev–Trinajstić information content (AvgIpc) is 3.29. The lowest BCUT2D eigenvalue weighted by atomic mass is 10.0. The van der Waals surface area contributed by atoms with Gasteiger partial charge in [-0.15, -0.1) is 11.3 Å². The molecule has 1 aliphatic rings. The van der Waals surface area contributed by atoms with Gasteiger partial charge < -0.3 is 9.47 Å². The van der Waals surface area contributed by atoms with Crippen LogP contribution in [0.25, 0.3) is 12.2 Å². The van der Waals surface area contributed by atoms with Gasteiger partial charge in [0.25, 0.3) is 0 Å². The molecule has 1 aromatic heterocycles. The Morgan fingerprint density at radius 2 is 2.00 bits per heavy atom. The number of fused-ring (bicyclic) bond motifs is 1. The zero-order chi connectivity index (χ0) is 18.8. The second-order valence-electron chi connectivity index (χ2n) is 6.30. The fourth-order valence-electron chi connectivity index (χ4n) is 2.98. The van der Waals surface area contributed by atoms with Gasteiger partial charge in [-0.1, -0.05) is 43.0 Å². The van der Waals surface area contributed by atoms with Gasteiger partial charge in [-0.25, -0.2) is 0 Å². The van der Waals surface area contributed by atoms with E-state index < -0.39 is 0 Å². The Morgan fingerprint density at radius 1 is 1.19 bits per heavy atom. The summed E-state index contributed by atoms with van der Waals surface area (Å²) < 4.78 is 11.7. The van der Waals surface area contributed by atoms with Crippen LogP contribution in [-0.2, 0) is 6.61 Å². The molecule has 0 radical (unpaired) electrons. The van der Waals surface area contributed by atoms with Gasteiger partial charge in [0.1, 0.15) is 18.1 Å². The summed E-state index contributed by atoms with van der Waals surface area (Å²) >= 11 is 1.57. The number of rotatable bonds is 5. The molecule has 0 spiro atoms. The second kappa shape index (κ2) is 7.25. The van der Waals surface area contributed by atoms with Crippen molar-refractivity contribution < 1.29 is 14.3 Å². The Labute approximate surface area is 162 Å². The SMILES string of the molecule is C=Cc1ccc(COc2cc(C)c3c(c2)O/C(=C\c2cccs2)C3=O)cc1. The third kappa shape index (κ3) is 3.57. The summed E-state index contributed by atoms with van der Waals surface area (Å²) in [5.74, 6) is 1.51. The summed E-state index contributed by atoms with van der Waals surface area (Å²) in [6.45, 7) is 6.10. The molecule has 0 unspecified atom stereocenters. The van der Waals surface area contributed by atoms with Crippen molar-refractivity contribution in [3.8, 4) is 11.5 Å². The molecule has 4 rings (SSSR count). The van der Waals surface area contributed by atoms with Gasteiger partial charge >= 0.3 is 0 Å². The molecule has 0 bridgehead atoms. The van der Waals surface area contributed by atoms with Crippen LogP contribution in [-0.4, -0.2) is 5.78 Å². The molecule has 0 aliphatic carbocycles. The van der Waals surface area contributed by atoms with Crippen LogP contribution in [0.15, 0.2) is 66.2 Å². The van der Waals surface area contributed by atoms with Crippen LogP contribution in [0.3, 0.4) is 0 Å². The number of allylic oxidation sites excluding steroid dienone is 1. The van der Waals surface area contributed by atoms with Gasteiger partial charge in [0, 0.05) is 17.0 Å². The first-order valence-electron chi connectivity index (χ1n) is 8.60. The molecule has 3 aromatic rings. The van der Waals surface area contributed by atoms with Crippen molar-refractivity contribution >= 4 is 29.3 Å². The summed E-state index contributed by atoms with van der Waals surface area (Å²) in [4.78, 5) is 13.6. The quantitative estimate of drug-likeness (QED) is 0.522. The number of Topliss-reactive ketones (excluding diaryl/α,β-unsaturated/α-hetero) is 1. The second-order valence-corrected chi connectivity index (χ2v) is 7.28. The lowest BCUT2D eigenvalue weighted by molar-refractivity contribution is 0.101. The first-order chi connectivity index (χ1) is 13.1. The van der Waals surface area contributed by atoms with E-state index in [0.29, 0.717) is 29.4 Å². The smallest absolute Gasteiger partial charge is 0.232 e. The van der Waals surface area contributed by atoms with E-state index in [4.69, 9.17) is 9.47 Å². The van der Waals surface area contributed by atoms with E-state index in [2.05, 4.69) is 6.58 Å². The molecule has 1 aliphatic heterocycles. The summed E-state index contributed by atoms with van der Waals surface area (Å²) in [7, 11) is 0. The zero-order valence-electron chi connectivity index (χ0n) is 14.9. The minimum Gasteiger partial charge on any atom is -0.489 e. The van der Waals surface area contributed by atoms with Crippen LogP contribution in [0.2, 0.25) is 0 Å². The summed E-state index contributed by atoms with van der Waals surface area (Å²) in [5, 5.41) is 1.97. The van der Waals surface area contributed by atoms with Crippen molar-refractivity contribution in [2.24, 2.45) is 0 Å². The fraction of sp³-hybridized carbons (Fsp3) is 0.0870. The van der Waals surface area contributed by atoms with Crippen LogP contribution in [0.5, 0.6) is 11.5 Å². The molecule has 0 saturated heterocycles. The normalized spacial score (nSPS) is 14.1. The zero-order valence-corrected chi connectivity index (χ0v) is 15.7. The molecule has 0 atom stereocenters. The number of benzene rings is 2. The van der Waals surface area contributed by atoms with E-state index in [0.717, 1.165) is 21.6 Å². The van der Waals surface area contributed by atoms with Gasteiger partial charge in [-0.05, 0) is 41.1 Å². The Hall–Kier alpha value is -3.11. The van der Waals surface area contributed by atoms with Crippen molar-refractivity contribution in [1.82, 2.24) is 0 Å². The highest BCUT2D eigenvalue weighted by Crippen LogP contribution is 2.38. The van der Waals surface area contributed by atoms with Crippen molar-refractivity contribution in [2.45, 2.75) is 13.5 Å². The number of thiophene rings is 1. The molecule has 0 saturated carbocycles. The molecule has 2 heterocycles. The summed E-state index contributed by atoms with van der Waals surface area (Å²) in [6.07, 6.45) is 3.60. The lowest BCUT2D eigenvalue weighted by Gasteiger charge is -2.09. The van der Waals surface area contributed by atoms with Crippen molar-refractivity contribution in [1.29, 1.82) is 0 Å². The number of hydrogen-bond donors (Lipinski definition) is 0. The molecule has 0 amide bonds. The van der Waals surface area contributed by atoms with Gasteiger partial charge in [0.15, 0.2) is 5.76 Å². The van der Waals surface area contributed by atoms with Crippen molar-refractivity contribution in [3.63, 3.8) is 0 Å². The summed E-state index contributed by atoms with van der Waals surface area (Å²) in [6, 6.07) is 15.6. The maximum absolute atomic E-state index is 12.7. The monoisotopic (exact) mass is 374 g/mol. The predicted molar refractivity (Wildman–Crippen MR) is 109 cm³/mol. The van der Waals surface area contributed by atoms with E-state index in [-0.39, 0.29) is 5.78 Å². The minimum absolute atomic E-state index is 0.0811. The molecular weight excluding hydrogens is 356 g/mol. The van der Waals surface area contributed by atoms with Gasteiger partial charge in [0.2, 0.25) is 5.78 Å². The van der Waals surface area contributed by atoms with Gasteiger partial charge in [-0.3, -0.25) is 4.79 Å². The van der Waals surface area contributed by atoms with Crippen molar-refractivity contribution in [3.05, 3.63) is 93.4 Å². The highest BCUT2D eigenvalue weighted by atomic mass is 32.1. The number of carbonyl (C=O) groups is 1. The fourth-order valence-corrected chi connectivity index (χ4v) is 3.63. The van der Waals surface area contributed by atoms with Crippen LogP contribution >= 0.6 is 11.3 Å². The molecule has 27 heavy (non-hydrogen) atoms. The molecule has 4 heteroatoms. The third-order valence-corrected chi connectivity index (χ3v) is 5.20. The Morgan fingerprint density at radius 3 is 2.70 bits per heavy atom. The predicted octanol–water partition coefficient (Wildman–Crippen LogP) is 5.89. The topological polar surface area (TPSA) is 35.5 Å². The lowest BCUT2D eigenvalue weighted by Crippen LogP contribution is -1.99. The standard InChI is InChI=1S/C23H18O3S/c1-3-16-6-8-17(9-7-16)14-25-18-11-15(2)22-20(12-18)26-21(23(22)24)13-19-5-4-10-27-19/h3-13H,1,14H2,2H3/b21-13-. The number of ether oxygens (including phenoxy) is 2. The number of hydrogen-bond acceptors (Lipinski definition) is 4. The first-order valence-corrected chi connectivity index (χ1v) is 9.48. The van der Waals surface area contributed by atoms with E-state index in [1.54, 1.807) is 23.5 Å². The van der Waals surface area contributed by atoms with Crippen LogP contribution in [0.1, 0.15) is 31.9 Å². The number of carbonyl (C=O) groups excluding carboxylic acids is 1. The Kier molecular flexibility index (Phi) is 4.65. The van der Waals surface area contributed by atoms with E-state index in [1.807, 2.05) is 60.8 Å². The minimum atomic E-state index is -0.0811. The average molecular weight is 374 g/mol. The number of ketones is 1. The third-order valence-electron chi connectivity index (χ3n) is 4.38. The van der Waals surface area contributed by atoms with Crippen LogP contribution in [0.4, 0.5) is 0 Å². The summed E-state index contributed by atoms with van der Waals surface area (Å²) in [5.41, 5.74) is 3.60. The molecule has 0 N–H and O–H groups in total. The maximum Gasteiger partial charge on any atom is 0.232 e. The molecule has 0 fully saturated rings. The van der Waals surface area contributed by atoms with Gasteiger partial charge in [-0.2, -0.15) is 0 Å². The van der Waals surface area contributed by atoms with Crippen LogP contribution < -0.4 is 9.47 Å². The molecule has 134 valence electrons. The molecular formula is C23H18O3S. The van der Waals surface area contributed by atoms with E-state index >= 15 is 0 Å². The largest absolute Gasteiger partial charge is 0.489 e.